The maximum Gasteiger partial charge on any atom is 0.337 e. The number of anilines is 1. The summed E-state index contributed by atoms with van der Waals surface area (Å²) in [6.45, 7) is 1.63. The SMILES string of the molecule is COC(=O)c1cccc(N2CCC(ON)C2)c1. The molecular formula is C12H16N2O3. The highest BCUT2D eigenvalue weighted by atomic mass is 16.6. The Morgan fingerprint density at radius 3 is 3.00 bits per heavy atom. The highest BCUT2D eigenvalue weighted by molar-refractivity contribution is 5.90. The van der Waals surface area contributed by atoms with Gasteiger partial charge >= 0.3 is 5.97 Å². The number of methoxy groups -OCH3 is 1. The molecule has 2 N–H and O–H groups in total. The summed E-state index contributed by atoms with van der Waals surface area (Å²) < 4.78 is 4.69. The molecule has 17 heavy (non-hydrogen) atoms. The summed E-state index contributed by atoms with van der Waals surface area (Å²) in [5.41, 5.74) is 1.55. The van der Waals surface area contributed by atoms with Crippen LogP contribution in [0.3, 0.4) is 0 Å². The Morgan fingerprint density at radius 2 is 2.35 bits per heavy atom. The number of rotatable bonds is 3. The van der Waals surface area contributed by atoms with Gasteiger partial charge in [0.1, 0.15) is 0 Å². The average molecular weight is 236 g/mol. The van der Waals surface area contributed by atoms with Crippen LogP contribution in [-0.4, -0.2) is 32.3 Å². The van der Waals surface area contributed by atoms with Gasteiger partial charge in [0.15, 0.2) is 0 Å². The molecule has 5 heteroatoms. The van der Waals surface area contributed by atoms with Gasteiger partial charge in [0.2, 0.25) is 0 Å². The minimum Gasteiger partial charge on any atom is -0.465 e. The van der Waals surface area contributed by atoms with Crippen LogP contribution >= 0.6 is 0 Å². The van der Waals surface area contributed by atoms with E-state index in [0.29, 0.717) is 5.56 Å². The molecule has 0 saturated carbocycles. The zero-order valence-corrected chi connectivity index (χ0v) is 9.76. The topological polar surface area (TPSA) is 64.8 Å². The van der Waals surface area contributed by atoms with Gasteiger partial charge < -0.3 is 9.64 Å². The summed E-state index contributed by atoms with van der Waals surface area (Å²) in [7, 11) is 1.38. The Balaban J connectivity index is 2.14. The fourth-order valence-corrected chi connectivity index (χ4v) is 2.02. The van der Waals surface area contributed by atoms with Gasteiger partial charge in [0.25, 0.3) is 0 Å². The van der Waals surface area contributed by atoms with Gasteiger partial charge in [-0.15, -0.1) is 0 Å². The fraction of sp³-hybridized carbons (Fsp3) is 0.417. The fourth-order valence-electron chi connectivity index (χ4n) is 2.02. The Bertz CT molecular complexity index is 408. The predicted octanol–water partition coefficient (Wildman–Crippen LogP) is 0.942. The number of ether oxygens (including phenoxy) is 1. The van der Waals surface area contributed by atoms with Crippen LogP contribution in [-0.2, 0) is 9.57 Å². The lowest BCUT2D eigenvalue weighted by Gasteiger charge is -2.18. The van der Waals surface area contributed by atoms with Crippen LogP contribution in [0.25, 0.3) is 0 Å². The second-order valence-electron chi connectivity index (χ2n) is 4.03. The Morgan fingerprint density at radius 1 is 1.53 bits per heavy atom. The number of nitrogens with two attached hydrogens (primary N) is 1. The molecule has 0 spiro atoms. The highest BCUT2D eigenvalue weighted by Gasteiger charge is 2.23. The lowest BCUT2D eigenvalue weighted by atomic mass is 10.2. The minimum absolute atomic E-state index is 0.0665. The lowest BCUT2D eigenvalue weighted by molar-refractivity contribution is 0.0601. The van der Waals surface area contributed by atoms with Gasteiger partial charge in [0, 0.05) is 18.8 Å². The summed E-state index contributed by atoms with van der Waals surface area (Å²) in [6.07, 6.45) is 0.968. The maximum absolute atomic E-state index is 11.4. The van der Waals surface area contributed by atoms with Crippen LogP contribution in [0.2, 0.25) is 0 Å². The van der Waals surface area contributed by atoms with Crippen molar-refractivity contribution in [3.63, 3.8) is 0 Å². The van der Waals surface area contributed by atoms with E-state index in [0.717, 1.165) is 25.2 Å². The normalized spacial score (nSPS) is 19.4. The van der Waals surface area contributed by atoms with E-state index in [-0.39, 0.29) is 12.1 Å². The third-order valence-corrected chi connectivity index (χ3v) is 2.97. The molecule has 0 radical (unpaired) electrons. The van der Waals surface area contributed by atoms with E-state index in [9.17, 15) is 4.79 Å². The standard InChI is InChI=1S/C12H16N2O3/c1-16-12(15)9-3-2-4-10(7-9)14-6-5-11(8-14)17-13/h2-4,7,11H,5-6,8,13H2,1H3. The number of esters is 1. The van der Waals surface area contributed by atoms with E-state index >= 15 is 0 Å². The van der Waals surface area contributed by atoms with Crippen LogP contribution in [0.5, 0.6) is 0 Å². The molecule has 1 saturated heterocycles. The molecule has 5 nitrogen and oxygen atoms in total. The van der Waals surface area contributed by atoms with Crippen molar-refractivity contribution in [2.75, 3.05) is 25.1 Å². The molecular weight excluding hydrogens is 220 g/mol. The molecule has 0 bridgehead atoms. The van der Waals surface area contributed by atoms with Crippen LogP contribution in [0.4, 0.5) is 5.69 Å². The number of carbonyl (C=O) groups is 1. The predicted molar refractivity (Wildman–Crippen MR) is 63.7 cm³/mol. The smallest absolute Gasteiger partial charge is 0.337 e. The van der Waals surface area contributed by atoms with Crippen molar-refractivity contribution in [3.05, 3.63) is 29.8 Å². The zero-order valence-electron chi connectivity index (χ0n) is 9.76. The molecule has 1 unspecified atom stereocenters. The maximum atomic E-state index is 11.4. The molecule has 0 amide bonds. The lowest BCUT2D eigenvalue weighted by Crippen LogP contribution is -2.24. The molecule has 2 rings (SSSR count). The van der Waals surface area contributed by atoms with E-state index in [4.69, 9.17) is 15.5 Å². The first-order valence-corrected chi connectivity index (χ1v) is 5.53. The molecule has 1 atom stereocenters. The monoisotopic (exact) mass is 236 g/mol. The molecule has 0 aliphatic carbocycles. The summed E-state index contributed by atoms with van der Waals surface area (Å²) in [5.74, 6) is 4.85. The average Bonchev–Trinajstić information content (AvgIpc) is 2.86. The number of hydrogen-bond acceptors (Lipinski definition) is 5. The first kappa shape index (κ1) is 11.9. The van der Waals surface area contributed by atoms with Crippen molar-refractivity contribution >= 4 is 11.7 Å². The Labute approximate surface area is 100 Å². The van der Waals surface area contributed by atoms with E-state index < -0.39 is 0 Å². The molecule has 1 aliphatic heterocycles. The first-order chi connectivity index (χ1) is 8.24. The minimum atomic E-state index is -0.322. The molecule has 92 valence electrons. The highest BCUT2D eigenvalue weighted by Crippen LogP contribution is 2.22. The second-order valence-corrected chi connectivity index (χ2v) is 4.03. The number of benzene rings is 1. The van der Waals surface area contributed by atoms with Crippen molar-refractivity contribution in [2.45, 2.75) is 12.5 Å². The molecule has 1 heterocycles. The van der Waals surface area contributed by atoms with E-state index in [2.05, 4.69) is 4.90 Å². The summed E-state index contributed by atoms with van der Waals surface area (Å²) in [4.78, 5) is 18.4. The van der Waals surface area contributed by atoms with Crippen molar-refractivity contribution < 1.29 is 14.4 Å². The Kier molecular flexibility index (Phi) is 3.61. The number of hydrogen-bond donors (Lipinski definition) is 1. The summed E-state index contributed by atoms with van der Waals surface area (Å²) >= 11 is 0. The first-order valence-electron chi connectivity index (χ1n) is 5.53. The quantitative estimate of drug-likeness (QED) is 0.625. The Hall–Kier alpha value is -1.59. The second kappa shape index (κ2) is 5.16. The van der Waals surface area contributed by atoms with Crippen LogP contribution in [0.15, 0.2) is 24.3 Å². The van der Waals surface area contributed by atoms with Crippen molar-refractivity contribution in [1.29, 1.82) is 0 Å². The molecule has 0 aromatic heterocycles. The zero-order chi connectivity index (χ0) is 12.3. The largest absolute Gasteiger partial charge is 0.465 e. The van der Waals surface area contributed by atoms with Gasteiger partial charge in [0.05, 0.1) is 18.8 Å². The van der Waals surface area contributed by atoms with Crippen molar-refractivity contribution in [3.8, 4) is 0 Å². The van der Waals surface area contributed by atoms with Crippen LogP contribution in [0.1, 0.15) is 16.8 Å². The van der Waals surface area contributed by atoms with E-state index in [1.807, 2.05) is 18.2 Å². The van der Waals surface area contributed by atoms with E-state index in [1.165, 1.54) is 7.11 Å². The van der Waals surface area contributed by atoms with Crippen LogP contribution < -0.4 is 10.8 Å². The third-order valence-electron chi connectivity index (χ3n) is 2.97. The van der Waals surface area contributed by atoms with E-state index in [1.54, 1.807) is 6.07 Å². The van der Waals surface area contributed by atoms with Gasteiger partial charge in [-0.1, -0.05) is 6.07 Å². The van der Waals surface area contributed by atoms with Crippen molar-refractivity contribution in [1.82, 2.24) is 0 Å². The van der Waals surface area contributed by atoms with Crippen molar-refractivity contribution in [2.24, 2.45) is 5.90 Å². The van der Waals surface area contributed by atoms with Gasteiger partial charge in [-0.3, -0.25) is 4.84 Å². The van der Waals surface area contributed by atoms with Gasteiger partial charge in [-0.05, 0) is 24.6 Å². The number of carbonyl (C=O) groups excluding carboxylic acids is 1. The summed E-state index contributed by atoms with van der Waals surface area (Å²) in [5, 5.41) is 0. The molecule has 1 aliphatic rings. The number of nitrogens with zero attached hydrogens (tertiary/aromatic N) is 1. The summed E-state index contributed by atoms with van der Waals surface area (Å²) in [6, 6.07) is 7.37. The molecule has 1 fully saturated rings. The van der Waals surface area contributed by atoms with Gasteiger partial charge in [-0.2, -0.15) is 0 Å². The molecule has 1 aromatic carbocycles. The molecule has 1 aromatic rings. The van der Waals surface area contributed by atoms with Crippen LogP contribution in [0, 0.1) is 0 Å². The third kappa shape index (κ3) is 2.57. The van der Waals surface area contributed by atoms with Gasteiger partial charge in [-0.25, -0.2) is 10.7 Å².